The number of anilines is 8. The van der Waals surface area contributed by atoms with Crippen LogP contribution in [0.3, 0.4) is 0 Å². The molecule has 0 bridgehead atoms. The number of alkyl halides is 12. The predicted octanol–water partition coefficient (Wildman–Crippen LogP) is 25.5. The molecular formula is C92H66F12N20S. The Morgan fingerprint density at radius 3 is 0.968 bits per heavy atom. The van der Waals surface area contributed by atoms with Crippen LogP contribution in [-0.4, -0.2) is 80.7 Å². The quantitative estimate of drug-likeness (QED) is 0.0444. The summed E-state index contributed by atoms with van der Waals surface area (Å²) in [4.78, 5) is 36.4. The van der Waals surface area contributed by atoms with Crippen molar-refractivity contribution in [3.8, 4) is 78.4 Å². The average molecular weight is 1710 g/mol. The van der Waals surface area contributed by atoms with Crippen molar-refractivity contribution in [3.05, 3.63) is 325 Å². The van der Waals surface area contributed by atoms with Crippen molar-refractivity contribution in [2.24, 2.45) is 0 Å². The monoisotopic (exact) mass is 1710 g/mol. The largest absolute Gasteiger partial charge is 0.417 e. The van der Waals surface area contributed by atoms with E-state index in [4.69, 9.17) is 0 Å². The molecule has 0 radical (unpaired) electrons. The summed E-state index contributed by atoms with van der Waals surface area (Å²) in [6, 6.07) is 76.7. The molecule has 0 aliphatic carbocycles. The predicted molar refractivity (Wildman–Crippen MR) is 460 cm³/mol. The third-order valence-corrected chi connectivity index (χ3v) is 20.4. The van der Waals surface area contributed by atoms with Crippen molar-refractivity contribution >= 4 is 101 Å². The van der Waals surface area contributed by atoms with Crippen LogP contribution in [-0.2, 0) is 30.1 Å². The lowest BCUT2D eigenvalue weighted by molar-refractivity contribution is -0.137. The third kappa shape index (κ3) is 18.8. The minimum Gasteiger partial charge on any atom is -0.324 e. The minimum absolute atomic E-state index is 0.00398. The summed E-state index contributed by atoms with van der Waals surface area (Å²) in [5, 5.41) is 45.9. The first-order valence-electron chi connectivity index (χ1n) is 38.3. The van der Waals surface area contributed by atoms with E-state index < -0.39 is 47.0 Å². The van der Waals surface area contributed by atoms with Crippen LogP contribution in [0, 0.1) is 0 Å². The second-order valence-electron chi connectivity index (χ2n) is 28.9. The number of aromatic nitrogens is 16. The maximum atomic E-state index is 13.6. The highest BCUT2D eigenvalue weighted by Gasteiger charge is 2.38. The molecule has 9 heterocycles. The molecule has 0 aliphatic rings. The van der Waals surface area contributed by atoms with Crippen LogP contribution in [0.25, 0.3) is 122 Å². The van der Waals surface area contributed by atoms with Crippen molar-refractivity contribution < 1.29 is 52.7 Å². The summed E-state index contributed by atoms with van der Waals surface area (Å²) >= 11 is 1.56. The van der Waals surface area contributed by atoms with Crippen LogP contribution in [0.1, 0.15) is 48.7 Å². The zero-order valence-electron chi connectivity index (χ0n) is 65.6. The molecule has 9 aromatic heterocycles. The number of halogens is 12. The van der Waals surface area contributed by atoms with Gasteiger partial charge in [0.1, 0.15) is 34.9 Å². The second-order valence-corrected chi connectivity index (χ2v) is 29.9. The number of thiophene rings is 1. The summed E-state index contributed by atoms with van der Waals surface area (Å²) in [5.74, 6) is 3.68. The van der Waals surface area contributed by atoms with Crippen LogP contribution < -0.4 is 21.3 Å². The first kappa shape index (κ1) is 83.1. The van der Waals surface area contributed by atoms with Gasteiger partial charge in [-0.2, -0.15) is 73.1 Å². The fraction of sp³-hybridized carbons (Fsp3) is 0.0870. The molecule has 8 N–H and O–H groups in total. The number of aromatic amines is 4. The standard InChI is InChI=1S/2C24H16F3N5.C22H14F3N5S.C22H20F3N5/c25-24(26,27)19-12-6-4-10-16(19)21-29-20-13-7-5-11-17(20)22(30-21)31-23-18(14-28-32-23)15-8-2-1-3-9-15;25-24(26,27)18-12-6-4-10-16(18)22-28-19-13-7-5-11-17(19)23(30-22)29-21-14-20(31-32-21)15-8-2-1-3-9-15;23-22(24,25)16-8-3-1-6-13(16)19-27-17-9-4-2-7-14(17)20(28-19)29-21-15(12-26-30-21)18-10-5-11-31-18;1-21(2,3)17-12-18(30-29-17)27-20-14-9-5-7-11-16(14)26-19(28-20)13-8-4-6-10-15(13)22(23,24)25/h2*1-14H,(H2,28,29,30,31,32);1-12H,(H2,26,27,28,29,30);4-12H,1-3H3,(H2,26,27,28,29,30). The van der Waals surface area contributed by atoms with Crippen LogP contribution in [0.4, 0.5) is 99.2 Å². The lowest BCUT2D eigenvalue weighted by atomic mass is 9.92. The molecule has 0 unspecified atom stereocenters. The maximum Gasteiger partial charge on any atom is 0.417 e. The second kappa shape index (κ2) is 34.9. The zero-order chi connectivity index (χ0) is 87.2. The Bertz CT molecular complexity index is 7020. The van der Waals surface area contributed by atoms with Gasteiger partial charge < -0.3 is 21.3 Å². The van der Waals surface area contributed by atoms with Crippen LogP contribution in [0.5, 0.6) is 0 Å². The highest BCUT2D eigenvalue weighted by atomic mass is 32.1. The van der Waals surface area contributed by atoms with E-state index >= 15 is 0 Å². The molecule has 19 aromatic rings. The van der Waals surface area contributed by atoms with E-state index in [9.17, 15) is 52.7 Å². The van der Waals surface area contributed by atoms with Crippen molar-refractivity contribution in [1.29, 1.82) is 0 Å². The fourth-order valence-electron chi connectivity index (χ4n) is 13.5. The molecule has 0 aliphatic heterocycles. The van der Waals surface area contributed by atoms with Gasteiger partial charge in [0.05, 0.1) is 68.0 Å². The number of benzene rings is 10. The van der Waals surface area contributed by atoms with E-state index in [0.29, 0.717) is 90.2 Å². The van der Waals surface area contributed by atoms with E-state index in [-0.39, 0.29) is 51.0 Å². The topological polar surface area (TPSA) is 266 Å². The van der Waals surface area contributed by atoms with Crippen molar-refractivity contribution in [1.82, 2.24) is 80.7 Å². The molecule has 624 valence electrons. The Morgan fingerprint density at radius 2 is 0.608 bits per heavy atom. The lowest BCUT2D eigenvalue weighted by Crippen LogP contribution is -2.11. The Labute approximate surface area is 706 Å². The number of rotatable bonds is 15. The van der Waals surface area contributed by atoms with Gasteiger partial charge in [-0.3, -0.25) is 20.4 Å². The van der Waals surface area contributed by atoms with Gasteiger partial charge in [-0.05, 0) is 95.4 Å². The molecule has 33 heteroatoms. The Kier molecular flexibility index (Phi) is 23.2. The first-order chi connectivity index (χ1) is 60.1. The number of para-hydroxylation sites is 4. The van der Waals surface area contributed by atoms with E-state index in [1.54, 1.807) is 90.5 Å². The number of H-pyrrole nitrogens is 4. The van der Waals surface area contributed by atoms with Crippen LogP contribution >= 0.6 is 11.3 Å². The minimum atomic E-state index is -4.52. The van der Waals surface area contributed by atoms with Gasteiger partial charge in [0, 0.05) is 77.5 Å². The van der Waals surface area contributed by atoms with Crippen LogP contribution in [0.15, 0.2) is 297 Å². The molecule has 0 saturated heterocycles. The fourth-order valence-corrected chi connectivity index (χ4v) is 14.2. The summed E-state index contributed by atoms with van der Waals surface area (Å²) in [6.07, 6.45) is -14.7. The molecule has 20 nitrogen and oxygen atoms in total. The molecular weight excluding hydrogens is 1650 g/mol. The average Bonchev–Trinajstić information content (AvgIpc) is 1.66. The smallest absolute Gasteiger partial charge is 0.324 e. The Hall–Kier alpha value is -15.5. The summed E-state index contributed by atoms with van der Waals surface area (Å²) in [5.41, 5.74) is 3.82. The SMILES string of the molecule is CC(C)(C)c1cc(Nc2nc(-c3ccccc3C(F)(F)F)nc3ccccc23)n[nH]1.FC(F)(F)c1ccccc1-c1nc(Nc2[nH]ncc2-c2ccccc2)c2ccccc2n1.FC(F)(F)c1ccccc1-c1nc(Nc2[nH]ncc2-c2cccs2)c2ccccc2n1.FC(F)(F)c1ccccc1-c1nc(Nc2cc(-c3ccccc3)[nH]n2)c2ccccc2n1. The molecule has 0 spiro atoms. The molecule has 19 rings (SSSR count). The molecule has 0 saturated carbocycles. The van der Waals surface area contributed by atoms with Crippen molar-refractivity contribution in [3.63, 3.8) is 0 Å². The highest BCUT2D eigenvalue weighted by molar-refractivity contribution is 7.13. The Morgan fingerprint density at radius 1 is 0.288 bits per heavy atom. The van der Waals surface area contributed by atoms with Gasteiger partial charge in [0.15, 0.2) is 34.9 Å². The summed E-state index contributed by atoms with van der Waals surface area (Å²) in [6.45, 7) is 6.16. The van der Waals surface area contributed by atoms with Crippen molar-refractivity contribution in [2.45, 2.75) is 50.9 Å². The Balaban J connectivity index is 0.000000123. The van der Waals surface area contributed by atoms with Gasteiger partial charge in [0.25, 0.3) is 0 Å². The van der Waals surface area contributed by atoms with E-state index in [1.165, 1.54) is 54.6 Å². The molecule has 0 atom stereocenters. The van der Waals surface area contributed by atoms with Gasteiger partial charge in [-0.15, -0.1) is 11.3 Å². The lowest BCUT2D eigenvalue weighted by Gasteiger charge is -2.15. The maximum absolute atomic E-state index is 13.6. The number of hydrogen-bond acceptors (Lipinski definition) is 17. The normalized spacial score (nSPS) is 11.8. The third-order valence-electron chi connectivity index (χ3n) is 19.5. The van der Waals surface area contributed by atoms with Gasteiger partial charge in [0.2, 0.25) is 0 Å². The van der Waals surface area contributed by atoms with Gasteiger partial charge in [-0.25, -0.2) is 39.9 Å². The zero-order valence-corrected chi connectivity index (χ0v) is 66.4. The summed E-state index contributed by atoms with van der Waals surface area (Å²) in [7, 11) is 0. The molecule has 0 amide bonds. The van der Waals surface area contributed by atoms with Crippen LogP contribution in [0.2, 0.25) is 0 Å². The number of nitrogens with zero attached hydrogens (tertiary/aromatic N) is 12. The summed E-state index contributed by atoms with van der Waals surface area (Å²) < 4.78 is 163. The van der Waals surface area contributed by atoms with Crippen molar-refractivity contribution in [2.75, 3.05) is 21.3 Å². The molecule has 125 heavy (non-hydrogen) atoms. The highest BCUT2D eigenvalue weighted by Crippen LogP contribution is 2.44. The van der Waals surface area contributed by atoms with E-state index in [0.717, 1.165) is 62.8 Å². The molecule has 10 aromatic carbocycles. The number of nitrogens with one attached hydrogen (secondary N) is 8. The molecule has 0 fully saturated rings. The van der Waals surface area contributed by atoms with Gasteiger partial charge in [-0.1, -0.05) is 209 Å². The van der Waals surface area contributed by atoms with Gasteiger partial charge >= 0.3 is 24.7 Å². The number of hydrogen-bond donors (Lipinski definition) is 8. The first-order valence-corrected chi connectivity index (χ1v) is 39.2. The number of fused-ring (bicyclic) bond motifs is 4. The van der Waals surface area contributed by atoms with E-state index in [2.05, 4.69) is 123 Å². The van der Waals surface area contributed by atoms with E-state index in [1.807, 2.05) is 139 Å².